The smallest absolute Gasteiger partial charge is 0.225 e. The quantitative estimate of drug-likeness (QED) is 0.636. The molecule has 0 amide bonds. The Bertz CT molecular complexity index is 972. The molecule has 0 N–H and O–H groups in total. The third kappa shape index (κ3) is 3.84. The highest BCUT2D eigenvalue weighted by atomic mass is 16.3. The lowest BCUT2D eigenvalue weighted by molar-refractivity contribution is 0.141. The largest absolute Gasteiger partial charge is 0.469 e. The molecular formula is C24H29N5O. The zero-order valence-electron chi connectivity index (χ0n) is 17.6. The fraction of sp³-hybridized carbons (Fsp3) is 0.458. The van der Waals surface area contributed by atoms with Crippen molar-refractivity contribution in [1.29, 1.82) is 0 Å². The third-order valence-corrected chi connectivity index (χ3v) is 6.54. The lowest BCUT2D eigenvalue weighted by atomic mass is 10.00. The summed E-state index contributed by atoms with van der Waals surface area (Å²) in [5.41, 5.74) is 4.02. The van der Waals surface area contributed by atoms with E-state index in [9.17, 15) is 0 Å². The summed E-state index contributed by atoms with van der Waals surface area (Å²) in [6.45, 7) is 6.55. The fourth-order valence-electron chi connectivity index (χ4n) is 4.82. The normalized spacial score (nSPS) is 18.6. The van der Waals surface area contributed by atoms with E-state index in [-0.39, 0.29) is 0 Å². The molecule has 5 heterocycles. The van der Waals surface area contributed by atoms with E-state index in [0.717, 1.165) is 47.2 Å². The molecule has 3 aromatic heterocycles. The number of rotatable bonds is 4. The van der Waals surface area contributed by atoms with Gasteiger partial charge in [-0.3, -0.25) is 4.98 Å². The second kappa shape index (κ2) is 8.56. The van der Waals surface area contributed by atoms with Crippen molar-refractivity contribution in [2.24, 2.45) is 0 Å². The molecular weight excluding hydrogens is 374 g/mol. The number of hydrogen-bond donors (Lipinski definition) is 0. The van der Waals surface area contributed by atoms with E-state index in [1.165, 1.54) is 45.2 Å². The number of anilines is 1. The van der Waals surface area contributed by atoms with Gasteiger partial charge in [-0.25, -0.2) is 9.97 Å². The number of aryl methyl sites for hydroxylation is 1. The molecule has 2 aliphatic heterocycles. The van der Waals surface area contributed by atoms with Gasteiger partial charge in [-0.15, -0.1) is 0 Å². The van der Waals surface area contributed by atoms with Gasteiger partial charge in [-0.2, -0.15) is 0 Å². The van der Waals surface area contributed by atoms with Crippen LogP contribution >= 0.6 is 0 Å². The van der Waals surface area contributed by atoms with Crippen LogP contribution in [0.25, 0.3) is 22.4 Å². The van der Waals surface area contributed by atoms with E-state index in [1.807, 2.05) is 31.3 Å². The molecule has 0 aromatic carbocycles. The van der Waals surface area contributed by atoms with E-state index in [4.69, 9.17) is 14.4 Å². The molecule has 0 radical (unpaired) electrons. The molecule has 5 rings (SSSR count). The highest BCUT2D eigenvalue weighted by Gasteiger charge is 2.27. The van der Waals surface area contributed by atoms with E-state index >= 15 is 0 Å². The Morgan fingerprint density at radius 3 is 2.40 bits per heavy atom. The number of furan rings is 1. The maximum Gasteiger partial charge on any atom is 0.225 e. The van der Waals surface area contributed by atoms with Crippen LogP contribution in [0, 0.1) is 6.92 Å². The Kier molecular flexibility index (Phi) is 5.49. The Hall–Kier alpha value is -2.73. The average molecular weight is 404 g/mol. The molecule has 6 heteroatoms. The van der Waals surface area contributed by atoms with Crippen molar-refractivity contribution in [3.63, 3.8) is 0 Å². The van der Waals surface area contributed by atoms with Gasteiger partial charge in [-0.05, 0) is 69.5 Å². The van der Waals surface area contributed by atoms with Crippen molar-refractivity contribution in [2.75, 3.05) is 31.1 Å². The van der Waals surface area contributed by atoms with Crippen LogP contribution in [-0.2, 0) is 0 Å². The third-order valence-electron chi connectivity index (χ3n) is 6.54. The number of nitrogens with zero attached hydrogens (tertiary/aromatic N) is 5. The second-order valence-corrected chi connectivity index (χ2v) is 8.37. The highest BCUT2D eigenvalue weighted by Crippen LogP contribution is 2.34. The average Bonchev–Trinajstić information content (AvgIpc) is 3.26. The number of likely N-dealkylation sites (tertiary alicyclic amines) is 1. The predicted molar refractivity (Wildman–Crippen MR) is 118 cm³/mol. The van der Waals surface area contributed by atoms with Gasteiger partial charge in [0.1, 0.15) is 5.76 Å². The highest BCUT2D eigenvalue weighted by molar-refractivity contribution is 5.81. The van der Waals surface area contributed by atoms with Gasteiger partial charge in [0.05, 0.1) is 12.0 Å². The summed E-state index contributed by atoms with van der Waals surface area (Å²) in [7, 11) is 0. The number of hydrogen-bond acceptors (Lipinski definition) is 6. The predicted octanol–water partition coefficient (Wildman–Crippen LogP) is 4.56. The first kappa shape index (κ1) is 19.2. The van der Waals surface area contributed by atoms with E-state index < -0.39 is 0 Å². The van der Waals surface area contributed by atoms with Gasteiger partial charge in [0.15, 0.2) is 0 Å². The minimum atomic E-state index is 0.716. The van der Waals surface area contributed by atoms with Crippen LogP contribution < -0.4 is 4.90 Å². The standard InChI is InChI=1S/C24H29N5O/c1-18-21(9-16-30-18)23-22(19-5-10-25-11-6-19)17-26-24(27-23)29-14-7-20(8-15-29)28-12-3-2-4-13-28/h5-6,9-11,16-17,20H,2-4,7-8,12-15H2,1H3. The molecule has 0 spiro atoms. The maximum atomic E-state index is 5.58. The summed E-state index contributed by atoms with van der Waals surface area (Å²) in [5, 5.41) is 0. The zero-order valence-corrected chi connectivity index (χ0v) is 17.6. The SMILES string of the molecule is Cc1occc1-c1nc(N2CCC(N3CCCCC3)CC2)ncc1-c1ccncc1. The lowest BCUT2D eigenvalue weighted by Gasteiger charge is -2.40. The molecule has 0 atom stereocenters. The minimum Gasteiger partial charge on any atom is -0.469 e. The molecule has 30 heavy (non-hydrogen) atoms. The van der Waals surface area contributed by atoms with Crippen LogP contribution in [0.15, 0.2) is 47.5 Å². The summed E-state index contributed by atoms with van der Waals surface area (Å²) in [6, 6.07) is 6.71. The molecule has 0 aliphatic carbocycles. The van der Waals surface area contributed by atoms with Crippen molar-refractivity contribution in [3.05, 3.63) is 48.8 Å². The minimum absolute atomic E-state index is 0.716. The van der Waals surface area contributed by atoms with Gasteiger partial charge in [0, 0.05) is 48.8 Å². The van der Waals surface area contributed by atoms with Crippen LogP contribution in [0.1, 0.15) is 37.9 Å². The zero-order chi connectivity index (χ0) is 20.3. The molecule has 2 saturated heterocycles. The topological polar surface area (TPSA) is 58.3 Å². The van der Waals surface area contributed by atoms with Crippen molar-refractivity contribution in [3.8, 4) is 22.4 Å². The molecule has 0 saturated carbocycles. The Morgan fingerprint density at radius 1 is 0.933 bits per heavy atom. The van der Waals surface area contributed by atoms with Crippen molar-refractivity contribution >= 4 is 5.95 Å². The van der Waals surface area contributed by atoms with Crippen LogP contribution in [0.2, 0.25) is 0 Å². The monoisotopic (exact) mass is 403 g/mol. The van der Waals surface area contributed by atoms with Gasteiger partial charge in [0.25, 0.3) is 0 Å². The lowest BCUT2D eigenvalue weighted by Crippen LogP contribution is -2.47. The summed E-state index contributed by atoms with van der Waals surface area (Å²) in [4.78, 5) is 19.0. The maximum absolute atomic E-state index is 5.58. The number of piperidine rings is 2. The summed E-state index contributed by atoms with van der Waals surface area (Å²) in [5.74, 6) is 1.69. The van der Waals surface area contributed by atoms with Crippen molar-refractivity contribution in [1.82, 2.24) is 19.9 Å². The number of aromatic nitrogens is 3. The van der Waals surface area contributed by atoms with Crippen molar-refractivity contribution < 1.29 is 4.42 Å². The molecule has 6 nitrogen and oxygen atoms in total. The van der Waals surface area contributed by atoms with Crippen LogP contribution in [-0.4, -0.2) is 52.1 Å². The Balaban J connectivity index is 1.41. The fourth-order valence-corrected chi connectivity index (χ4v) is 4.82. The molecule has 0 bridgehead atoms. The summed E-state index contributed by atoms with van der Waals surface area (Å²) >= 11 is 0. The summed E-state index contributed by atoms with van der Waals surface area (Å²) in [6.07, 6.45) is 13.8. The molecule has 2 fully saturated rings. The molecule has 2 aliphatic rings. The molecule has 3 aromatic rings. The van der Waals surface area contributed by atoms with E-state index in [1.54, 1.807) is 18.7 Å². The molecule has 0 unspecified atom stereocenters. The Labute approximate surface area is 178 Å². The molecule has 156 valence electrons. The van der Waals surface area contributed by atoms with Crippen LogP contribution in [0.5, 0.6) is 0 Å². The first-order valence-corrected chi connectivity index (χ1v) is 11.1. The van der Waals surface area contributed by atoms with Gasteiger partial charge in [-0.1, -0.05) is 6.42 Å². The first-order valence-electron chi connectivity index (χ1n) is 11.1. The number of pyridine rings is 1. The van der Waals surface area contributed by atoms with Crippen molar-refractivity contribution in [2.45, 2.75) is 45.1 Å². The van der Waals surface area contributed by atoms with Crippen LogP contribution in [0.3, 0.4) is 0 Å². The van der Waals surface area contributed by atoms with Gasteiger partial charge in [0.2, 0.25) is 5.95 Å². The Morgan fingerprint density at radius 2 is 1.70 bits per heavy atom. The first-order chi connectivity index (χ1) is 14.8. The van der Waals surface area contributed by atoms with Gasteiger partial charge >= 0.3 is 0 Å². The van der Waals surface area contributed by atoms with Gasteiger partial charge < -0.3 is 14.2 Å². The second-order valence-electron chi connectivity index (χ2n) is 8.37. The van der Waals surface area contributed by atoms with E-state index in [0.29, 0.717) is 6.04 Å². The van der Waals surface area contributed by atoms with Crippen LogP contribution in [0.4, 0.5) is 5.95 Å². The van der Waals surface area contributed by atoms with E-state index in [2.05, 4.69) is 14.8 Å². The summed E-state index contributed by atoms with van der Waals surface area (Å²) < 4.78 is 5.58.